The molecule has 6 aromatic rings. The minimum absolute atomic E-state index is 0.00339. The lowest BCUT2D eigenvalue weighted by Crippen LogP contribution is -2.62. The van der Waals surface area contributed by atoms with Gasteiger partial charge in [0.2, 0.25) is 65.0 Å². The van der Waals surface area contributed by atoms with E-state index in [0.29, 0.717) is 45.6 Å². The molecule has 1 saturated heterocycles. The molecule has 1 aliphatic rings. The van der Waals surface area contributed by atoms with Crippen LogP contribution in [0.15, 0.2) is 131 Å². The molecule has 728 valence electrons. The van der Waals surface area contributed by atoms with Crippen molar-refractivity contribution >= 4 is 123 Å². The first-order chi connectivity index (χ1) is 63.9. The highest BCUT2D eigenvalue weighted by Gasteiger charge is 2.39. The van der Waals surface area contributed by atoms with Gasteiger partial charge in [-0.05, 0) is 182 Å². The van der Waals surface area contributed by atoms with E-state index in [1.54, 1.807) is 103 Å². The maximum Gasteiger partial charge on any atom is 0.407 e. The molecule has 7 rings (SSSR count). The molecule has 45 heteroatoms. The number of nitrogens with two attached hydrogens (primary N) is 5. The summed E-state index contributed by atoms with van der Waals surface area (Å²) in [5, 5.41) is 68.3. The Kier molecular flexibility index (Phi) is 43.8. The van der Waals surface area contributed by atoms with Gasteiger partial charge in [-0.25, -0.2) is 19.2 Å². The van der Waals surface area contributed by atoms with Crippen LogP contribution in [0.25, 0.3) is 10.9 Å². The lowest BCUT2D eigenvalue weighted by molar-refractivity contribution is -0.136. The van der Waals surface area contributed by atoms with E-state index in [9.17, 15) is 86.9 Å². The second-order valence-corrected chi connectivity index (χ2v) is 34.0. The molecule has 134 heavy (non-hydrogen) atoms. The van der Waals surface area contributed by atoms with Gasteiger partial charge >= 0.3 is 24.2 Å². The van der Waals surface area contributed by atoms with Crippen LogP contribution in [0.2, 0.25) is 0 Å². The van der Waals surface area contributed by atoms with Crippen LogP contribution >= 0.6 is 11.8 Å². The number of likely N-dealkylation sites (N-methyl/N-ethyl adjacent to an activating group) is 1. The van der Waals surface area contributed by atoms with Crippen molar-refractivity contribution in [2.45, 2.75) is 207 Å². The highest BCUT2D eigenvalue weighted by molar-refractivity contribution is 7.99. The van der Waals surface area contributed by atoms with E-state index < -0.39 is 187 Å². The molecular weight excluding hydrogens is 1760 g/mol. The summed E-state index contributed by atoms with van der Waals surface area (Å²) in [7, 11) is 3.12. The Morgan fingerprint density at radius 2 is 1.18 bits per heavy atom. The molecule has 0 bridgehead atoms. The summed E-state index contributed by atoms with van der Waals surface area (Å²) in [6.07, 6.45) is -3.25. The average Bonchev–Trinajstić information content (AvgIpc) is 1.62. The Balaban J connectivity index is 1.01. The third-order valence-electron chi connectivity index (χ3n) is 21.4. The number of ether oxygens (including phenoxy) is 1. The quantitative estimate of drug-likeness (QED) is 0.0184. The van der Waals surface area contributed by atoms with Crippen LogP contribution in [-0.2, 0) is 83.3 Å². The zero-order valence-corrected chi connectivity index (χ0v) is 77.1. The maximum absolute atomic E-state index is 14.8. The van der Waals surface area contributed by atoms with Crippen molar-refractivity contribution in [2.75, 3.05) is 71.8 Å². The van der Waals surface area contributed by atoms with Gasteiger partial charge in [-0.1, -0.05) is 100 Å². The number of fused-ring (bicyclic) bond motifs is 1. The Morgan fingerprint density at radius 1 is 0.597 bits per heavy atom. The minimum atomic E-state index is -1.92. The number of hydrogen-bond donors (Lipinski definition) is 23. The Labute approximate surface area is 779 Å². The van der Waals surface area contributed by atoms with E-state index in [-0.39, 0.29) is 121 Å². The van der Waals surface area contributed by atoms with Crippen molar-refractivity contribution in [2.24, 2.45) is 40.5 Å². The molecule has 0 saturated carbocycles. The predicted octanol–water partition coefficient (Wildman–Crippen LogP) is -2.04. The molecular formula is C89H127N25O19S. The highest BCUT2D eigenvalue weighted by atomic mass is 32.2. The van der Waals surface area contributed by atoms with E-state index in [2.05, 4.69) is 90.1 Å². The number of hydrogen-bond acceptors (Lipinski definition) is 26. The van der Waals surface area contributed by atoms with Crippen LogP contribution in [0.3, 0.4) is 0 Å². The Bertz CT molecular complexity index is 4990. The molecule has 18 amide bonds. The Hall–Kier alpha value is -13.5. The molecule has 2 aromatic heterocycles. The maximum atomic E-state index is 14.8. The minimum Gasteiger partial charge on any atom is -0.445 e. The van der Waals surface area contributed by atoms with Gasteiger partial charge < -0.3 is 134 Å². The molecule has 13 atom stereocenters. The number of nitrogens with one attached hydrogen (secondary N) is 16. The molecule has 4 aromatic carbocycles. The number of rotatable bonds is 40. The van der Waals surface area contributed by atoms with E-state index in [1.807, 2.05) is 48.5 Å². The number of urea groups is 2. The normalized spacial score (nSPS) is 18.5. The highest BCUT2D eigenvalue weighted by Crippen LogP contribution is 2.34. The first-order valence-corrected chi connectivity index (χ1v) is 45.1. The molecule has 5 unspecified atom stereocenters. The van der Waals surface area contributed by atoms with Gasteiger partial charge in [0, 0.05) is 79.5 Å². The number of anilines is 1. The number of carbonyl (C=O) groups excluding carboxylic acids is 16. The second kappa shape index (κ2) is 54.5. The van der Waals surface area contributed by atoms with Crippen LogP contribution < -0.4 is 114 Å². The number of primary amides is 1. The van der Waals surface area contributed by atoms with Crippen LogP contribution in [0.4, 0.5) is 24.9 Å². The summed E-state index contributed by atoms with van der Waals surface area (Å²) < 4.78 is 6.80. The van der Waals surface area contributed by atoms with Gasteiger partial charge in [0.1, 0.15) is 73.1 Å². The van der Waals surface area contributed by atoms with Crippen molar-refractivity contribution in [1.29, 1.82) is 0 Å². The average molecular weight is 1880 g/mol. The van der Waals surface area contributed by atoms with Crippen molar-refractivity contribution in [3.63, 3.8) is 0 Å². The lowest BCUT2D eigenvalue weighted by Gasteiger charge is -2.29. The number of pyridine rings is 1. The number of carbonyl (C=O) groups is 16. The van der Waals surface area contributed by atoms with Crippen LogP contribution in [-0.4, -0.2) is 270 Å². The number of aliphatic hydroxyl groups excluding tert-OH is 2. The van der Waals surface area contributed by atoms with Crippen LogP contribution in [0.1, 0.15) is 126 Å². The lowest BCUT2D eigenvalue weighted by atomic mass is 10.00. The van der Waals surface area contributed by atoms with Gasteiger partial charge in [-0.2, -0.15) is 9.78 Å². The fourth-order valence-corrected chi connectivity index (χ4v) is 15.1. The molecule has 44 nitrogen and oxygen atoms in total. The number of aromatic nitrogens is 3. The molecule has 3 heterocycles. The standard InChI is InChI=1S/C89H127N25O19S/c1-49(2)45-67-81(124)103-62(31-36-90)76(119)102-65(34-39-93)80(123)109-72(51(5)115)83(126)97-42-35-66(79(122)101-63(32-37-91)78(121)108-68(82(125)107-67)46-53-17-10-9-11-18-53)104-77(120)64(33-38-92)106-85(128)73(52(6)116)111-87(130)110-71(50(3)4)84(127)105-61(21-16-41-98-86(94)129)75(118)100-56-25-23-54(24-26-56)48-133-88(131)99-43-44-113(8)89(132)114-69-47-57(134-70-22-13-12-20-59(70)74(117)95-7)28-29-58(69)60(112-114)30-27-55-19-14-15-40-96-55/h9-15,17-20,22-26,28-29,40,47,49-52,61-68,71-73,115-116H,16,21,27,30-39,41-46,48,90-93H2,1-8H3,(H,95,117)(H,97,126)(H,99,131)(H,100,118)(H,101,122)(H,102,119)(H,103,124)(H,104,120)(H,105,127)(H,106,128)(H,107,125)(H,108,121)(H,109,123)(H3,94,98,129)(H2,110,111,130)/t51-,52+,61-,62?,63?,64-,65?,66+,67?,68-,71+,72?,73+/m0/s1. The van der Waals surface area contributed by atoms with E-state index in [1.165, 1.54) is 40.4 Å². The van der Waals surface area contributed by atoms with Crippen LogP contribution in [0.5, 0.6) is 0 Å². The van der Waals surface area contributed by atoms with Crippen LogP contribution in [0, 0.1) is 11.8 Å². The van der Waals surface area contributed by atoms with Crippen molar-refractivity contribution in [3.05, 3.63) is 150 Å². The third-order valence-corrected chi connectivity index (χ3v) is 22.5. The summed E-state index contributed by atoms with van der Waals surface area (Å²) in [5.74, 6) is -12.0. The summed E-state index contributed by atoms with van der Waals surface area (Å²) in [6, 6.07) is 13.2. The van der Waals surface area contributed by atoms with Gasteiger partial charge in [0.05, 0.1) is 29.0 Å². The molecule has 0 radical (unpaired) electrons. The fraction of sp³-hybridized carbons (Fsp3) is 0.483. The van der Waals surface area contributed by atoms with Crippen molar-refractivity contribution < 1.29 is 91.7 Å². The van der Waals surface area contributed by atoms with E-state index in [0.717, 1.165) is 22.9 Å². The molecule has 0 aliphatic carbocycles. The van der Waals surface area contributed by atoms with E-state index >= 15 is 0 Å². The summed E-state index contributed by atoms with van der Waals surface area (Å²) in [4.78, 5) is 231. The third kappa shape index (κ3) is 34.0. The molecule has 1 fully saturated rings. The van der Waals surface area contributed by atoms with Crippen molar-refractivity contribution in [3.8, 4) is 0 Å². The predicted molar refractivity (Wildman–Crippen MR) is 496 cm³/mol. The fourth-order valence-electron chi connectivity index (χ4n) is 14.1. The number of alkyl carbamates (subject to hydrolysis) is 1. The first-order valence-electron chi connectivity index (χ1n) is 44.2. The SMILES string of the molecule is CNC(=O)c1ccccc1Sc1ccc2c(CCc3ccccn3)nn(C(=O)N(C)CCNC(=O)OCc3ccc(NC(=O)[C@H](CCCNC(N)=O)NC(=O)[C@H](NC(=O)N[C@@H](C(=O)N[C@@H](CCN)C(=O)N[C@@H]4CCNC(=O)C([C@H](C)O)NC(=O)C(CCN)NC(=O)C(CCN)NC(=O)C(CC(C)C)NC(=O)[C@H](Cc5ccccc5)NC(=O)C(CCN)NC4=O)[C@@H](C)O)C(C)C)cc3)c2c1. The van der Waals surface area contributed by atoms with Gasteiger partial charge in [-0.15, -0.1) is 0 Å². The number of aliphatic hydroxyl groups is 2. The van der Waals surface area contributed by atoms with Gasteiger partial charge in [0.15, 0.2) is 0 Å². The molecule has 0 spiro atoms. The van der Waals surface area contributed by atoms with Gasteiger partial charge in [0.25, 0.3) is 5.91 Å². The molecule has 1 aliphatic heterocycles. The number of nitrogens with zero attached hydrogens (tertiary/aromatic N) is 4. The number of benzene rings is 4. The zero-order valence-electron chi connectivity index (χ0n) is 76.3. The van der Waals surface area contributed by atoms with Crippen molar-refractivity contribution in [1.82, 2.24) is 99.4 Å². The second-order valence-electron chi connectivity index (χ2n) is 32.8. The smallest absolute Gasteiger partial charge is 0.407 e. The number of amides is 18. The monoisotopic (exact) mass is 1880 g/mol. The first kappa shape index (κ1) is 108. The summed E-state index contributed by atoms with van der Waals surface area (Å²) in [5.41, 5.74) is 32.9. The number of aryl methyl sites for hydroxylation is 2. The summed E-state index contributed by atoms with van der Waals surface area (Å²) in [6.45, 7) is 7.21. The zero-order chi connectivity index (χ0) is 98.3. The van der Waals surface area contributed by atoms with E-state index in [4.69, 9.17) is 38.5 Å². The molecule has 28 N–H and O–H groups in total. The largest absolute Gasteiger partial charge is 0.445 e. The summed E-state index contributed by atoms with van der Waals surface area (Å²) >= 11 is 1.36. The van der Waals surface area contributed by atoms with Gasteiger partial charge in [-0.3, -0.25) is 62.5 Å². The topological polar surface area (TPSA) is 679 Å². The Morgan fingerprint density at radius 3 is 1.78 bits per heavy atom.